The highest BCUT2D eigenvalue weighted by Gasteiger charge is 2.22. The van der Waals surface area contributed by atoms with Gasteiger partial charge in [0.1, 0.15) is 0 Å². The van der Waals surface area contributed by atoms with Gasteiger partial charge in [-0.3, -0.25) is 4.90 Å². The van der Waals surface area contributed by atoms with E-state index in [4.69, 9.17) is 14.2 Å². The van der Waals surface area contributed by atoms with Crippen molar-refractivity contribution in [1.82, 2.24) is 4.90 Å². The van der Waals surface area contributed by atoms with Crippen LogP contribution in [-0.2, 0) is 11.3 Å². The summed E-state index contributed by atoms with van der Waals surface area (Å²) in [6.07, 6.45) is 1.88. The molecule has 3 rings (SSSR count). The molecule has 1 aliphatic heterocycles. The van der Waals surface area contributed by atoms with Crippen LogP contribution < -0.4 is 9.47 Å². The largest absolute Gasteiger partial charge is 0.493 e. The number of ether oxygens (including phenoxy) is 3. The highest BCUT2D eigenvalue weighted by Crippen LogP contribution is 2.28. The molecule has 1 N–H and O–H groups in total. The van der Waals surface area contributed by atoms with Crippen molar-refractivity contribution in [3.05, 3.63) is 59.7 Å². The molecule has 1 saturated heterocycles. The summed E-state index contributed by atoms with van der Waals surface area (Å²) in [7, 11) is 3.28. The fourth-order valence-electron chi connectivity index (χ4n) is 3.54. The Kier molecular flexibility index (Phi) is 7.10. The number of hydrogen-bond donors (Lipinski definition) is 1. The number of benzene rings is 2. The van der Waals surface area contributed by atoms with E-state index in [-0.39, 0.29) is 6.10 Å². The van der Waals surface area contributed by atoms with E-state index < -0.39 is 6.10 Å². The standard InChI is InChI=1S/C22H29NO4/c1-25-21-11-10-17(13-22(21)26-2)14-23(15-19-9-6-12-27-19)16-20(24)18-7-4-3-5-8-18/h3-5,7-8,10-11,13,19-20,24H,6,9,12,14-16H2,1-2H3/t19-,20-/m0/s1. The van der Waals surface area contributed by atoms with Gasteiger partial charge in [0.2, 0.25) is 0 Å². The van der Waals surface area contributed by atoms with Gasteiger partial charge in [0, 0.05) is 26.2 Å². The molecule has 0 bridgehead atoms. The van der Waals surface area contributed by atoms with Crippen LogP contribution in [0.5, 0.6) is 11.5 Å². The highest BCUT2D eigenvalue weighted by atomic mass is 16.5. The Morgan fingerprint density at radius 1 is 1.11 bits per heavy atom. The molecule has 5 nitrogen and oxygen atoms in total. The lowest BCUT2D eigenvalue weighted by atomic mass is 10.1. The zero-order valence-electron chi connectivity index (χ0n) is 16.1. The van der Waals surface area contributed by atoms with Crippen molar-refractivity contribution in [3.63, 3.8) is 0 Å². The van der Waals surface area contributed by atoms with Gasteiger partial charge >= 0.3 is 0 Å². The molecule has 5 heteroatoms. The SMILES string of the molecule is COc1ccc(CN(C[C@@H]2CCCO2)C[C@H](O)c2ccccc2)cc1OC. The summed E-state index contributed by atoms with van der Waals surface area (Å²) in [5, 5.41) is 10.7. The summed E-state index contributed by atoms with van der Waals surface area (Å²) >= 11 is 0. The van der Waals surface area contributed by atoms with Crippen LogP contribution in [0, 0.1) is 0 Å². The molecule has 2 aromatic carbocycles. The molecule has 0 aromatic heterocycles. The van der Waals surface area contributed by atoms with Crippen LogP contribution in [0.25, 0.3) is 0 Å². The van der Waals surface area contributed by atoms with Gasteiger partial charge in [-0.25, -0.2) is 0 Å². The van der Waals surface area contributed by atoms with Crippen LogP contribution in [-0.4, -0.2) is 50.0 Å². The molecule has 0 spiro atoms. The van der Waals surface area contributed by atoms with Crippen LogP contribution in [0.15, 0.2) is 48.5 Å². The molecular formula is C22H29NO4. The van der Waals surface area contributed by atoms with Crippen LogP contribution in [0.1, 0.15) is 30.1 Å². The monoisotopic (exact) mass is 371 g/mol. The topological polar surface area (TPSA) is 51.2 Å². The zero-order chi connectivity index (χ0) is 19.1. The third-order valence-corrected chi connectivity index (χ3v) is 4.96. The molecule has 1 heterocycles. The average Bonchev–Trinajstić information content (AvgIpc) is 3.21. The predicted molar refractivity (Wildman–Crippen MR) is 105 cm³/mol. The molecule has 27 heavy (non-hydrogen) atoms. The lowest BCUT2D eigenvalue weighted by Crippen LogP contribution is -2.35. The molecule has 0 unspecified atom stereocenters. The van der Waals surface area contributed by atoms with Gasteiger partial charge < -0.3 is 19.3 Å². The van der Waals surface area contributed by atoms with Crippen molar-refractivity contribution in [3.8, 4) is 11.5 Å². The number of hydrogen-bond acceptors (Lipinski definition) is 5. The quantitative estimate of drug-likeness (QED) is 0.732. The van der Waals surface area contributed by atoms with Crippen molar-refractivity contribution < 1.29 is 19.3 Å². The van der Waals surface area contributed by atoms with Crippen molar-refractivity contribution >= 4 is 0 Å². The Hall–Kier alpha value is -2.08. The summed E-state index contributed by atoms with van der Waals surface area (Å²) in [4.78, 5) is 2.26. The Bertz CT molecular complexity index is 701. The molecule has 2 aromatic rings. The summed E-state index contributed by atoms with van der Waals surface area (Å²) in [5.74, 6) is 1.44. The first-order valence-electron chi connectivity index (χ1n) is 9.47. The van der Waals surface area contributed by atoms with Gasteiger partial charge in [-0.1, -0.05) is 36.4 Å². The van der Waals surface area contributed by atoms with Crippen LogP contribution in [0.2, 0.25) is 0 Å². The number of methoxy groups -OCH3 is 2. The third-order valence-electron chi connectivity index (χ3n) is 4.96. The third kappa shape index (κ3) is 5.45. The highest BCUT2D eigenvalue weighted by molar-refractivity contribution is 5.42. The van der Waals surface area contributed by atoms with Gasteiger partial charge in [0.15, 0.2) is 11.5 Å². The maximum Gasteiger partial charge on any atom is 0.161 e. The number of rotatable bonds is 9. The van der Waals surface area contributed by atoms with Gasteiger partial charge in [-0.2, -0.15) is 0 Å². The minimum absolute atomic E-state index is 0.230. The molecule has 0 aliphatic carbocycles. The normalized spacial score (nSPS) is 17.9. The first kappa shape index (κ1) is 19.7. The van der Waals surface area contributed by atoms with Gasteiger partial charge in [-0.05, 0) is 36.1 Å². The van der Waals surface area contributed by atoms with Crippen molar-refractivity contribution in [2.75, 3.05) is 33.9 Å². The van der Waals surface area contributed by atoms with Crippen molar-refractivity contribution in [2.45, 2.75) is 31.6 Å². The first-order chi connectivity index (χ1) is 13.2. The fourth-order valence-corrected chi connectivity index (χ4v) is 3.54. The minimum Gasteiger partial charge on any atom is -0.493 e. The Balaban J connectivity index is 1.73. The second-order valence-electron chi connectivity index (χ2n) is 6.94. The molecule has 0 amide bonds. The van der Waals surface area contributed by atoms with E-state index >= 15 is 0 Å². The minimum atomic E-state index is -0.534. The van der Waals surface area contributed by atoms with E-state index in [1.807, 2.05) is 48.5 Å². The fraction of sp³-hybridized carbons (Fsp3) is 0.455. The van der Waals surface area contributed by atoms with E-state index in [0.717, 1.165) is 48.6 Å². The summed E-state index contributed by atoms with van der Waals surface area (Å²) in [6.45, 7) is 2.90. The lowest BCUT2D eigenvalue weighted by Gasteiger charge is -2.28. The van der Waals surface area contributed by atoms with E-state index in [2.05, 4.69) is 4.90 Å². The zero-order valence-corrected chi connectivity index (χ0v) is 16.1. The van der Waals surface area contributed by atoms with Crippen LogP contribution in [0.4, 0.5) is 0 Å². The average molecular weight is 371 g/mol. The van der Waals surface area contributed by atoms with E-state index in [1.165, 1.54) is 0 Å². The Labute approximate surface area is 161 Å². The number of aliphatic hydroxyl groups is 1. The van der Waals surface area contributed by atoms with E-state index in [1.54, 1.807) is 14.2 Å². The van der Waals surface area contributed by atoms with Crippen molar-refractivity contribution in [1.29, 1.82) is 0 Å². The van der Waals surface area contributed by atoms with Crippen LogP contribution >= 0.6 is 0 Å². The Morgan fingerprint density at radius 2 is 1.89 bits per heavy atom. The number of nitrogens with zero attached hydrogens (tertiary/aromatic N) is 1. The predicted octanol–water partition coefficient (Wildman–Crippen LogP) is 3.42. The van der Waals surface area contributed by atoms with Crippen LogP contribution in [0.3, 0.4) is 0 Å². The van der Waals surface area contributed by atoms with E-state index in [0.29, 0.717) is 13.1 Å². The molecular weight excluding hydrogens is 342 g/mol. The first-order valence-corrected chi connectivity index (χ1v) is 9.47. The Morgan fingerprint density at radius 3 is 2.56 bits per heavy atom. The molecule has 0 radical (unpaired) electrons. The smallest absolute Gasteiger partial charge is 0.161 e. The number of aliphatic hydroxyl groups excluding tert-OH is 1. The summed E-state index contributed by atoms with van der Waals surface area (Å²) in [5.41, 5.74) is 2.05. The summed E-state index contributed by atoms with van der Waals surface area (Å²) in [6, 6.07) is 15.8. The van der Waals surface area contributed by atoms with Gasteiger partial charge in [-0.15, -0.1) is 0 Å². The molecule has 2 atom stereocenters. The summed E-state index contributed by atoms with van der Waals surface area (Å²) < 4.78 is 16.6. The molecule has 1 aliphatic rings. The molecule has 1 fully saturated rings. The second kappa shape index (κ2) is 9.74. The molecule has 146 valence electrons. The van der Waals surface area contributed by atoms with Crippen molar-refractivity contribution in [2.24, 2.45) is 0 Å². The van der Waals surface area contributed by atoms with E-state index in [9.17, 15) is 5.11 Å². The van der Waals surface area contributed by atoms with Gasteiger partial charge in [0.05, 0.1) is 26.4 Å². The van der Waals surface area contributed by atoms with Gasteiger partial charge in [0.25, 0.3) is 0 Å². The second-order valence-corrected chi connectivity index (χ2v) is 6.94. The lowest BCUT2D eigenvalue weighted by molar-refractivity contribution is 0.0460. The molecule has 0 saturated carbocycles. The maximum atomic E-state index is 10.7. The maximum absolute atomic E-state index is 10.7.